The number of carbonyl (C=O) groups excluding carboxylic acids is 1. The van der Waals surface area contributed by atoms with Crippen LogP contribution >= 0.6 is 0 Å². The van der Waals surface area contributed by atoms with Gasteiger partial charge in [-0.15, -0.1) is 0 Å². The molecular weight excluding hydrogens is 274 g/mol. The van der Waals surface area contributed by atoms with Crippen molar-refractivity contribution in [2.24, 2.45) is 0 Å². The molecule has 0 fully saturated rings. The van der Waals surface area contributed by atoms with Crippen LogP contribution in [-0.2, 0) is 22.4 Å². The summed E-state index contributed by atoms with van der Waals surface area (Å²) in [6.07, 6.45) is 1.46. The maximum absolute atomic E-state index is 11.2. The summed E-state index contributed by atoms with van der Waals surface area (Å²) in [5.41, 5.74) is 1.77. The van der Waals surface area contributed by atoms with E-state index in [2.05, 4.69) is 5.32 Å². The summed E-state index contributed by atoms with van der Waals surface area (Å²) in [5, 5.41) is 11.4. The topological polar surface area (TPSA) is 84.9 Å². The van der Waals surface area contributed by atoms with E-state index >= 15 is 0 Å². The average Bonchev–Trinajstić information content (AvgIpc) is 2.77. The van der Waals surface area contributed by atoms with Crippen molar-refractivity contribution < 1.29 is 24.2 Å². The van der Waals surface area contributed by atoms with Gasteiger partial charge in [-0.1, -0.05) is 0 Å². The molecule has 114 valence electrons. The third-order valence-electron chi connectivity index (χ3n) is 3.37. The lowest BCUT2D eigenvalue weighted by atomic mass is 10.0. The predicted octanol–water partition coefficient (Wildman–Crippen LogP) is 1.15. The van der Waals surface area contributed by atoms with Crippen molar-refractivity contribution in [1.29, 1.82) is 0 Å². The van der Waals surface area contributed by atoms with Crippen molar-refractivity contribution in [3.63, 3.8) is 0 Å². The number of rotatable bonds is 7. The van der Waals surface area contributed by atoms with Crippen LogP contribution in [0.3, 0.4) is 0 Å². The van der Waals surface area contributed by atoms with Gasteiger partial charge in [0.1, 0.15) is 23.6 Å². The molecule has 1 heterocycles. The highest BCUT2D eigenvalue weighted by Crippen LogP contribution is 2.35. The molecule has 0 bridgehead atoms. The molecule has 6 heteroatoms. The molecule has 1 aromatic rings. The molecule has 21 heavy (non-hydrogen) atoms. The van der Waals surface area contributed by atoms with Crippen LogP contribution in [0.1, 0.15) is 25.0 Å². The third-order valence-corrected chi connectivity index (χ3v) is 3.37. The fourth-order valence-corrected chi connectivity index (χ4v) is 2.45. The summed E-state index contributed by atoms with van der Waals surface area (Å²) in [5.74, 6) is 0.323. The van der Waals surface area contributed by atoms with Gasteiger partial charge >= 0.3 is 5.97 Å². The maximum atomic E-state index is 11.2. The Morgan fingerprint density at radius 3 is 3.00 bits per heavy atom. The number of carboxylic acid groups (broad SMARTS) is 1. The van der Waals surface area contributed by atoms with Crippen LogP contribution in [0, 0.1) is 0 Å². The van der Waals surface area contributed by atoms with Crippen LogP contribution in [0.25, 0.3) is 0 Å². The van der Waals surface area contributed by atoms with Crippen molar-refractivity contribution in [3.8, 4) is 11.5 Å². The minimum Gasteiger partial charge on any atom is -0.494 e. The van der Waals surface area contributed by atoms with E-state index in [0.29, 0.717) is 24.3 Å². The number of amides is 1. The van der Waals surface area contributed by atoms with E-state index < -0.39 is 12.0 Å². The Bertz CT molecular complexity index is 543. The monoisotopic (exact) mass is 293 g/mol. The van der Waals surface area contributed by atoms with E-state index in [-0.39, 0.29) is 12.5 Å². The highest BCUT2D eigenvalue weighted by atomic mass is 16.5. The van der Waals surface area contributed by atoms with Crippen LogP contribution in [0.2, 0.25) is 0 Å². The first-order valence-electron chi connectivity index (χ1n) is 6.92. The second kappa shape index (κ2) is 6.47. The molecule has 2 unspecified atom stereocenters. The van der Waals surface area contributed by atoms with Crippen molar-refractivity contribution in [2.45, 2.75) is 38.8 Å². The minimum atomic E-state index is -1.08. The standard InChI is InChI=1S/C15H19NO5/c1-3-20-13-6-10-4-9(2)21-14(10)7-11(13)5-12(15(18)19)16-8-17/h6-9,12H,3-5H2,1-2H3,(H,16,17)(H,18,19). The van der Waals surface area contributed by atoms with Crippen molar-refractivity contribution in [1.82, 2.24) is 5.32 Å². The first kappa shape index (κ1) is 15.2. The fourth-order valence-electron chi connectivity index (χ4n) is 2.45. The molecule has 0 radical (unpaired) electrons. The quantitative estimate of drug-likeness (QED) is 0.737. The molecule has 0 saturated carbocycles. The van der Waals surface area contributed by atoms with E-state index in [1.807, 2.05) is 26.0 Å². The summed E-state index contributed by atoms with van der Waals surface area (Å²) in [6.45, 7) is 4.34. The number of nitrogens with one attached hydrogen (secondary N) is 1. The number of carbonyl (C=O) groups is 2. The van der Waals surface area contributed by atoms with Gasteiger partial charge in [-0.05, 0) is 26.0 Å². The highest BCUT2D eigenvalue weighted by molar-refractivity contribution is 5.76. The Morgan fingerprint density at radius 2 is 2.38 bits per heavy atom. The minimum absolute atomic E-state index is 0.105. The van der Waals surface area contributed by atoms with E-state index in [1.54, 1.807) is 0 Å². The number of aliphatic carboxylic acids is 1. The summed E-state index contributed by atoms with van der Waals surface area (Å²) in [7, 11) is 0. The van der Waals surface area contributed by atoms with Gasteiger partial charge in [-0.25, -0.2) is 4.79 Å². The summed E-state index contributed by atoms with van der Waals surface area (Å²) >= 11 is 0. The van der Waals surface area contributed by atoms with Crippen LogP contribution < -0.4 is 14.8 Å². The number of ether oxygens (including phenoxy) is 2. The SMILES string of the molecule is CCOc1cc2c(cc1CC(NC=O)C(=O)O)OC(C)C2. The molecule has 0 spiro atoms. The van der Waals surface area contributed by atoms with Crippen molar-refractivity contribution >= 4 is 12.4 Å². The normalized spacial score (nSPS) is 17.5. The molecule has 1 aliphatic rings. The van der Waals surface area contributed by atoms with Gasteiger partial charge in [0.05, 0.1) is 6.61 Å². The molecule has 0 saturated heterocycles. The maximum Gasteiger partial charge on any atom is 0.326 e. The highest BCUT2D eigenvalue weighted by Gasteiger charge is 2.24. The average molecular weight is 293 g/mol. The number of fused-ring (bicyclic) bond motifs is 1. The molecule has 1 aromatic carbocycles. The van der Waals surface area contributed by atoms with Crippen LogP contribution in [0.15, 0.2) is 12.1 Å². The van der Waals surface area contributed by atoms with E-state index in [0.717, 1.165) is 17.7 Å². The Balaban J connectivity index is 2.30. The summed E-state index contributed by atoms with van der Waals surface area (Å²) in [6, 6.07) is 2.72. The molecular formula is C15H19NO5. The van der Waals surface area contributed by atoms with Gasteiger partial charge in [-0.2, -0.15) is 0 Å². The number of hydrogen-bond donors (Lipinski definition) is 2. The molecule has 0 aromatic heterocycles. The van der Waals surface area contributed by atoms with Crippen molar-refractivity contribution in [3.05, 3.63) is 23.3 Å². The Hall–Kier alpha value is -2.24. The summed E-state index contributed by atoms with van der Waals surface area (Å²) in [4.78, 5) is 21.7. The van der Waals surface area contributed by atoms with Gasteiger partial charge in [0, 0.05) is 24.0 Å². The number of carboxylic acids is 1. The Morgan fingerprint density at radius 1 is 1.62 bits per heavy atom. The van der Waals surface area contributed by atoms with Gasteiger partial charge in [0.2, 0.25) is 6.41 Å². The lowest BCUT2D eigenvalue weighted by Gasteiger charge is -2.16. The zero-order chi connectivity index (χ0) is 15.4. The zero-order valence-electron chi connectivity index (χ0n) is 12.1. The first-order chi connectivity index (χ1) is 10.0. The molecule has 2 rings (SSSR count). The fraction of sp³-hybridized carbons (Fsp3) is 0.467. The molecule has 1 amide bonds. The first-order valence-corrected chi connectivity index (χ1v) is 6.92. The van der Waals surface area contributed by atoms with E-state index in [4.69, 9.17) is 14.6 Å². The molecule has 6 nitrogen and oxygen atoms in total. The van der Waals surface area contributed by atoms with Crippen LogP contribution in [0.5, 0.6) is 11.5 Å². The second-order valence-corrected chi connectivity index (χ2v) is 5.01. The third kappa shape index (κ3) is 3.45. The Labute approximate surface area is 123 Å². The predicted molar refractivity (Wildman–Crippen MR) is 75.7 cm³/mol. The largest absolute Gasteiger partial charge is 0.494 e. The number of hydrogen-bond acceptors (Lipinski definition) is 4. The second-order valence-electron chi connectivity index (χ2n) is 5.01. The van der Waals surface area contributed by atoms with Crippen LogP contribution in [0.4, 0.5) is 0 Å². The molecule has 0 aliphatic carbocycles. The van der Waals surface area contributed by atoms with Crippen molar-refractivity contribution in [2.75, 3.05) is 6.61 Å². The lowest BCUT2D eigenvalue weighted by Crippen LogP contribution is -2.37. The molecule has 1 aliphatic heterocycles. The van der Waals surface area contributed by atoms with Gasteiger partial charge in [-0.3, -0.25) is 4.79 Å². The molecule has 2 atom stereocenters. The van der Waals surface area contributed by atoms with E-state index in [1.165, 1.54) is 0 Å². The van der Waals surface area contributed by atoms with Gasteiger partial charge in [0.15, 0.2) is 0 Å². The van der Waals surface area contributed by atoms with Gasteiger partial charge < -0.3 is 19.9 Å². The smallest absolute Gasteiger partial charge is 0.326 e. The van der Waals surface area contributed by atoms with Gasteiger partial charge in [0.25, 0.3) is 0 Å². The van der Waals surface area contributed by atoms with Crippen LogP contribution in [-0.4, -0.2) is 36.2 Å². The summed E-state index contributed by atoms with van der Waals surface area (Å²) < 4.78 is 11.3. The lowest BCUT2D eigenvalue weighted by molar-refractivity contribution is -0.140. The molecule has 2 N–H and O–H groups in total. The van der Waals surface area contributed by atoms with E-state index in [9.17, 15) is 9.59 Å². The Kier molecular flexibility index (Phi) is 4.67. The zero-order valence-corrected chi connectivity index (χ0v) is 12.1. The number of benzene rings is 1.